The fourth-order valence-electron chi connectivity index (χ4n) is 8.02. The zero-order chi connectivity index (χ0) is 39.4. The Bertz CT molecular complexity index is 2150. The summed E-state index contributed by atoms with van der Waals surface area (Å²) in [7, 11) is 0.899. The first kappa shape index (κ1) is 38.8. The van der Waals surface area contributed by atoms with Crippen molar-refractivity contribution < 1.29 is 33.1 Å². The molecule has 4 atom stereocenters. The van der Waals surface area contributed by atoms with Crippen LogP contribution in [0.3, 0.4) is 0 Å². The summed E-state index contributed by atoms with van der Waals surface area (Å²) in [4.78, 5) is 37.3. The van der Waals surface area contributed by atoms with Crippen molar-refractivity contribution in [2.45, 2.75) is 83.5 Å². The number of ether oxygens (including phenoxy) is 2. The van der Waals surface area contributed by atoms with Crippen LogP contribution in [-0.2, 0) is 24.1 Å². The molecule has 0 fully saturated rings. The van der Waals surface area contributed by atoms with E-state index in [2.05, 4.69) is 36.2 Å². The second-order valence-electron chi connectivity index (χ2n) is 16.4. The van der Waals surface area contributed by atoms with Crippen LogP contribution in [0, 0.1) is 11.8 Å². The van der Waals surface area contributed by atoms with Gasteiger partial charge in [-0.3, -0.25) is 14.5 Å². The van der Waals surface area contributed by atoms with E-state index in [0.717, 1.165) is 11.1 Å². The van der Waals surface area contributed by atoms with E-state index < -0.39 is 43.4 Å². The summed E-state index contributed by atoms with van der Waals surface area (Å²) in [6, 6.07) is 18.6. The third-order valence-corrected chi connectivity index (χ3v) is 16.4. The largest absolute Gasteiger partial charge is 0.508 e. The Hall–Kier alpha value is -4.49. The van der Waals surface area contributed by atoms with Crippen molar-refractivity contribution in [2.24, 2.45) is 11.8 Å². The van der Waals surface area contributed by atoms with Gasteiger partial charge in [0.1, 0.15) is 29.7 Å². The van der Waals surface area contributed by atoms with Crippen LogP contribution in [0.15, 0.2) is 76.5 Å². The van der Waals surface area contributed by atoms with Gasteiger partial charge in [-0.2, -0.15) is 0 Å². The highest BCUT2D eigenvalue weighted by Gasteiger charge is 2.67. The van der Waals surface area contributed by atoms with Crippen molar-refractivity contribution in [1.82, 2.24) is 15.0 Å². The Kier molecular flexibility index (Phi) is 10.2. The number of aliphatic hydroxyl groups excluding tert-OH is 1. The van der Waals surface area contributed by atoms with Crippen LogP contribution in [0.5, 0.6) is 11.6 Å². The monoisotopic (exact) mass is 784 g/mol. The second-order valence-corrected chi connectivity index (χ2v) is 21.5. The Morgan fingerprint density at radius 2 is 1.62 bits per heavy atom. The van der Waals surface area contributed by atoms with E-state index in [1.54, 1.807) is 0 Å². The number of carbonyl (C=O) groups is 2. The minimum atomic E-state index is -2.89. The molecule has 7 rings (SSSR count). The molecule has 4 aromatic rings. The van der Waals surface area contributed by atoms with E-state index >= 15 is 9.59 Å². The Morgan fingerprint density at radius 1 is 1.00 bits per heavy atom. The van der Waals surface area contributed by atoms with Gasteiger partial charge in [-0.1, -0.05) is 93.0 Å². The maximum atomic E-state index is 15.5. The van der Waals surface area contributed by atoms with E-state index in [1.807, 2.05) is 99.7 Å². The number of ketones is 2. The van der Waals surface area contributed by atoms with Gasteiger partial charge in [0.25, 0.3) is 5.88 Å². The summed E-state index contributed by atoms with van der Waals surface area (Å²) < 4.78 is 25.9. The molecule has 55 heavy (non-hydrogen) atoms. The lowest BCUT2D eigenvalue weighted by molar-refractivity contribution is -0.0480. The van der Waals surface area contributed by atoms with Crippen molar-refractivity contribution in [3.63, 3.8) is 0 Å². The lowest BCUT2D eigenvalue weighted by Crippen LogP contribution is -2.65. The highest BCUT2D eigenvalue weighted by molar-refractivity contribution is 6.74. The molecule has 2 heterocycles. The first-order valence-electron chi connectivity index (χ1n) is 18.8. The van der Waals surface area contributed by atoms with E-state index in [9.17, 15) is 5.11 Å². The third kappa shape index (κ3) is 6.56. The molecule has 0 saturated carbocycles. The number of rotatable bonds is 11. The van der Waals surface area contributed by atoms with Gasteiger partial charge < -0.3 is 28.8 Å². The van der Waals surface area contributed by atoms with Gasteiger partial charge in [-0.25, -0.2) is 4.98 Å². The number of aromatic nitrogens is 2. The van der Waals surface area contributed by atoms with Crippen molar-refractivity contribution in [2.75, 3.05) is 26.0 Å². The highest BCUT2D eigenvalue weighted by Crippen LogP contribution is 2.60. The number of anilines is 1. The van der Waals surface area contributed by atoms with E-state index in [0.29, 0.717) is 30.1 Å². The SMILES string of the molecule is CCNc1nc(Cl)c2c(c1OCc1ccccc1)C(=O)C1=C(O)[C@]3(O[Si](C)(C)C(C)(C)C)C(=O)c4c(OCc5ccccc5)noc4[C@@H](N(C)C)[C@@H]3C[C@@H]1C2. The Balaban J connectivity index is 1.43. The first-order chi connectivity index (χ1) is 26.1. The van der Waals surface area contributed by atoms with Crippen LogP contribution in [-0.4, -0.2) is 66.3 Å². The number of fused-ring (bicyclic) bond motifs is 4. The van der Waals surface area contributed by atoms with Crippen LogP contribution in [0.4, 0.5) is 5.82 Å². The first-order valence-corrected chi connectivity index (χ1v) is 22.1. The van der Waals surface area contributed by atoms with E-state index in [4.69, 9.17) is 30.0 Å². The predicted molar refractivity (Wildman–Crippen MR) is 213 cm³/mol. The topological polar surface area (TPSA) is 136 Å². The van der Waals surface area contributed by atoms with Gasteiger partial charge in [0.05, 0.1) is 11.6 Å². The number of carbonyl (C=O) groups excluding carboxylic acids is 2. The van der Waals surface area contributed by atoms with Gasteiger partial charge >= 0.3 is 0 Å². The number of hydrogen-bond donors (Lipinski definition) is 2. The molecule has 2 aromatic heterocycles. The molecule has 11 nitrogen and oxygen atoms in total. The minimum Gasteiger partial charge on any atom is -0.508 e. The molecule has 3 aliphatic rings. The molecule has 290 valence electrons. The summed E-state index contributed by atoms with van der Waals surface area (Å²) in [5.41, 5.74) is 0.807. The summed E-state index contributed by atoms with van der Waals surface area (Å²) in [5, 5.41) is 20.3. The maximum absolute atomic E-state index is 15.5. The normalized spacial score (nSPS) is 22.2. The molecule has 3 aliphatic carbocycles. The van der Waals surface area contributed by atoms with Gasteiger partial charge in [0, 0.05) is 23.6 Å². The van der Waals surface area contributed by atoms with Crippen LogP contribution in [0.1, 0.15) is 83.3 Å². The molecular formula is C42H49ClN4O7Si. The fourth-order valence-corrected chi connectivity index (χ4v) is 9.72. The summed E-state index contributed by atoms with van der Waals surface area (Å²) >= 11 is 6.90. The maximum Gasteiger partial charge on any atom is 0.265 e. The molecule has 0 radical (unpaired) electrons. The molecule has 0 aliphatic heterocycles. The number of halogens is 1. The van der Waals surface area contributed by atoms with Gasteiger partial charge in [0.2, 0.25) is 5.78 Å². The molecule has 13 heteroatoms. The highest BCUT2D eigenvalue weighted by atomic mass is 35.5. The van der Waals surface area contributed by atoms with Crippen molar-refractivity contribution in [3.8, 4) is 11.6 Å². The van der Waals surface area contributed by atoms with Crippen molar-refractivity contribution in [1.29, 1.82) is 0 Å². The number of nitrogens with one attached hydrogen (secondary N) is 1. The van der Waals surface area contributed by atoms with Crippen LogP contribution >= 0.6 is 11.6 Å². The van der Waals surface area contributed by atoms with Crippen LogP contribution in [0.25, 0.3) is 0 Å². The molecule has 0 amide bonds. The summed E-state index contributed by atoms with van der Waals surface area (Å²) in [6.45, 7) is 13.0. The van der Waals surface area contributed by atoms with Crippen LogP contribution in [0.2, 0.25) is 23.3 Å². The number of hydrogen-bond acceptors (Lipinski definition) is 11. The number of pyridine rings is 1. The van der Waals surface area contributed by atoms with E-state index in [-0.39, 0.29) is 63.9 Å². The standard InChI is InChI=1S/C42H49ClN4O7Si/c1-9-44-39-35(51-22-24-16-12-10-13-17-24)30-27(38(43)45-39)20-26-21-28-32(47(5)6)34-31(40(46-53-34)52-23-25-18-14-11-15-19-25)37(50)42(28,36(49)29(26)33(30)48)54-55(7,8)41(2,3)4/h10-19,26,28,32,49H,9,20-23H2,1-8H3,(H,44,45)/t26-,28-,32-,42-/m0/s1. The summed E-state index contributed by atoms with van der Waals surface area (Å²) in [6.07, 6.45) is 0.593. The fraction of sp³-hybridized carbons (Fsp3) is 0.429. The zero-order valence-corrected chi connectivity index (χ0v) is 34.4. The zero-order valence-electron chi connectivity index (χ0n) is 32.7. The third-order valence-electron chi connectivity index (χ3n) is 11.7. The Labute approximate surface area is 328 Å². The molecule has 0 spiro atoms. The quantitative estimate of drug-likeness (QED) is 0.112. The number of Topliss-reactive ketones (excluding diaryl/α,β-unsaturated/α-hetero) is 2. The molecule has 0 saturated heterocycles. The number of benzene rings is 2. The number of allylic oxidation sites excluding steroid dienone is 1. The van der Waals surface area contributed by atoms with Gasteiger partial charge in [-0.15, -0.1) is 0 Å². The predicted octanol–water partition coefficient (Wildman–Crippen LogP) is 8.76. The molecule has 0 unspecified atom stereocenters. The summed E-state index contributed by atoms with van der Waals surface area (Å²) in [5.74, 6) is -1.67. The van der Waals surface area contributed by atoms with Crippen molar-refractivity contribution in [3.05, 3.63) is 111 Å². The Morgan fingerprint density at radius 3 is 2.20 bits per heavy atom. The number of nitrogens with zero attached hydrogens (tertiary/aromatic N) is 3. The lowest BCUT2D eigenvalue weighted by Gasteiger charge is -2.55. The van der Waals surface area contributed by atoms with Crippen LogP contribution < -0.4 is 14.8 Å². The minimum absolute atomic E-state index is 0.0114. The lowest BCUT2D eigenvalue weighted by atomic mass is 9.58. The average Bonchev–Trinajstić information content (AvgIpc) is 3.56. The number of aliphatic hydroxyl groups is 1. The molecule has 2 aromatic carbocycles. The van der Waals surface area contributed by atoms with Gasteiger partial charge in [0.15, 0.2) is 37.0 Å². The van der Waals surface area contributed by atoms with Crippen molar-refractivity contribution >= 4 is 37.3 Å². The smallest absolute Gasteiger partial charge is 0.265 e. The molecule has 2 N–H and O–H groups in total. The molecular weight excluding hydrogens is 736 g/mol. The van der Waals surface area contributed by atoms with E-state index in [1.165, 1.54) is 0 Å². The van der Waals surface area contributed by atoms with Gasteiger partial charge in [-0.05, 0) is 74.2 Å². The molecule has 0 bridgehead atoms. The average molecular weight is 785 g/mol. The second kappa shape index (κ2) is 14.5.